The van der Waals surface area contributed by atoms with Gasteiger partial charge in [-0.1, -0.05) is 33.6 Å². The van der Waals surface area contributed by atoms with Crippen molar-refractivity contribution in [1.82, 2.24) is 10.6 Å². The molecule has 0 aliphatic heterocycles. The number of hydrogen-bond donors (Lipinski definition) is 2. The van der Waals surface area contributed by atoms with Gasteiger partial charge >= 0.3 is 6.09 Å². The van der Waals surface area contributed by atoms with Gasteiger partial charge in [-0.2, -0.15) is 0 Å². The molecule has 1 aliphatic carbocycles. The number of ether oxygens (including phenoxy) is 1. The van der Waals surface area contributed by atoms with Crippen LogP contribution in [0.3, 0.4) is 0 Å². The number of alkyl carbamates (subject to hydrolysis) is 1. The lowest BCUT2D eigenvalue weighted by Gasteiger charge is -2.29. The zero-order valence-electron chi connectivity index (χ0n) is 16.1. The molecule has 1 atom stereocenters. The molecular formula is C19H38N2O2. The first-order chi connectivity index (χ1) is 10.7. The molecule has 1 unspecified atom stereocenters. The van der Waals surface area contributed by atoms with Gasteiger partial charge in [0.1, 0.15) is 5.60 Å². The molecule has 0 aromatic carbocycles. The van der Waals surface area contributed by atoms with E-state index < -0.39 is 5.60 Å². The van der Waals surface area contributed by atoms with Gasteiger partial charge in [0.25, 0.3) is 0 Å². The van der Waals surface area contributed by atoms with Gasteiger partial charge in [-0.05, 0) is 64.3 Å². The van der Waals surface area contributed by atoms with Crippen molar-refractivity contribution < 1.29 is 9.53 Å². The molecule has 1 rings (SSSR count). The van der Waals surface area contributed by atoms with E-state index in [0.717, 1.165) is 24.8 Å². The SMILES string of the molecule is CC(C)CC(CNC(=O)OC(C)(C)C)NCC1CCC(C)CC1. The lowest BCUT2D eigenvalue weighted by molar-refractivity contribution is 0.0520. The first kappa shape index (κ1) is 20.3. The van der Waals surface area contributed by atoms with E-state index in [4.69, 9.17) is 4.74 Å². The summed E-state index contributed by atoms with van der Waals surface area (Å²) in [6.07, 6.45) is 6.14. The fourth-order valence-corrected chi connectivity index (χ4v) is 3.20. The highest BCUT2D eigenvalue weighted by Crippen LogP contribution is 2.27. The maximum Gasteiger partial charge on any atom is 0.407 e. The summed E-state index contributed by atoms with van der Waals surface area (Å²) < 4.78 is 5.32. The van der Waals surface area contributed by atoms with Crippen molar-refractivity contribution in [3.05, 3.63) is 0 Å². The maximum absolute atomic E-state index is 11.8. The minimum Gasteiger partial charge on any atom is -0.444 e. The van der Waals surface area contributed by atoms with E-state index in [1.807, 2.05) is 20.8 Å². The van der Waals surface area contributed by atoms with Gasteiger partial charge in [-0.3, -0.25) is 0 Å². The summed E-state index contributed by atoms with van der Waals surface area (Å²) in [7, 11) is 0. The summed E-state index contributed by atoms with van der Waals surface area (Å²) in [4.78, 5) is 11.8. The number of carbonyl (C=O) groups is 1. The summed E-state index contributed by atoms with van der Waals surface area (Å²) in [6, 6.07) is 0.321. The Morgan fingerprint density at radius 1 is 1.17 bits per heavy atom. The molecule has 1 aliphatic rings. The van der Waals surface area contributed by atoms with E-state index in [1.165, 1.54) is 25.7 Å². The average Bonchev–Trinajstić information content (AvgIpc) is 2.41. The normalized spacial score (nSPS) is 23.6. The number of rotatable bonds is 7. The Kier molecular flexibility index (Phi) is 8.38. The lowest BCUT2D eigenvalue weighted by Crippen LogP contribution is -2.45. The van der Waals surface area contributed by atoms with Crippen molar-refractivity contribution in [3.63, 3.8) is 0 Å². The van der Waals surface area contributed by atoms with Crippen LogP contribution in [0.4, 0.5) is 4.79 Å². The third-order valence-electron chi connectivity index (χ3n) is 4.48. The predicted molar refractivity (Wildman–Crippen MR) is 96.6 cm³/mol. The Balaban J connectivity index is 2.35. The van der Waals surface area contributed by atoms with Crippen molar-refractivity contribution in [3.8, 4) is 0 Å². The Bertz CT molecular complexity index is 342. The molecule has 0 radical (unpaired) electrons. The van der Waals surface area contributed by atoms with Gasteiger partial charge in [0, 0.05) is 12.6 Å². The zero-order chi connectivity index (χ0) is 17.5. The topological polar surface area (TPSA) is 50.4 Å². The minimum atomic E-state index is -0.441. The Morgan fingerprint density at radius 2 is 1.78 bits per heavy atom. The second-order valence-electron chi connectivity index (χ2n) is 8.74. The summed E-state index contributed by atoms with van der Waals surface area (Å²) in [5, 5.41) is 6.60. The minimum absolute atomic E-state index is 0.320. The number of nitrogens with one attached hydrogen (secondary N) is 2. The highest BCUT2D eigenvalue weighted by Gasteiger charge is 2.21. The number of hydrogen-bond acceptors (Lipinski definition) is 3. The molecule has 4 nitrogen and oxygen atoms in total. The summed E-state index contributed by atoms with van der Waals surface area (Å²) in [6.45, 7) is 14.2. The Morgan fingerprint density at radius 3 is 2.30 bits per heavy atom. The smallest absolute Gasteiger partial charge is 0.407 e. The van der Waals surface area contributed by atoms with Gasteiger partial charge in [-0.25, -0.2) is 4.79 Å². The van der Waals surface area contributed by atoms with E-state index >= 15 is 0 Å². The third-order valence-corrected chi connectivity index (χ3v) is 4.48. The molecule has 0 bridgehead atoms. The first-order valence-corrected chi connectivity index (χ1v) is 9.36. The third kappa shape index (κ3) is 9.85. The zero-order valence-corrected chi connectivity index (χ0v) is 16.1. The highest BCUT2D eigenvalue weighted by atomic mass is 16.6. The molecule has 0 aromatic heterocycles. The Labute approximate surface area is 143 Å². The second-order valence-corrected chi connectivity index (χ2v) is 8.74. The van der Waals surface area contributed by atoms with E-state index in [-0.39, 0.29) is 6.09 Å². The van der Waals surface area contributed by atoms with Gasteiger partial charge in [0.15, 0.2) is 0 Å². The van der Waals surface area contributed by atoms with Gasteiger partial charge < -0.3 is 15.4 Å². The van der Waals surface area contributed by atoms with Crippen LogP contribution in [0.15, 0.2) is 0 Å². The van der Waals surface area contributed by atoms with Crippen LogP contribution in [-0.2, 0) is 4.74 Å². The monoisotopic (exact) mass is 326 g/mol. The van der Waals surface area contributed by atoms with E-state index in [2.05, 4.69) is 31.4 Å². The molecular weight excluding hydrogens is 288 g/mol. The number of amides is 1. The van der Waals surface area contributed by atoms with Crippen molar-refractivity contribution in [2.45, 2.75) is 85.3 Å². The molecule has 0 spiro atoms. The summed E-state index contributed by atoms with van der Waals surface area (Å²) >= 11 is 0. The molecule has 0 aromatic rings. The van der Waals surface area contributed by atoms with Crippen molar-refractivity contribution in [2.24, 2.45) is 17.8 Å². The molecule has 0 heterocycles. The Hall–Kier alpha value is -0.770. The van der Waals surface area contributed by atoms with E-state index in [9.17, 15) is 4.79 Å². The van der Waals surface area contributed by atoms with Crippen LogP contribution in [0.1, 0.15) is 73.6 Å². The number of carbonyl (C=O) groups excluding carboxylic acids is 1. The molecule has 23 heavy (non-hydrogen) atoms. The molecule has 4 heteroatoms. The summed E-state index contributed by atoms with van der Waals surface area (Å²) in [5.41, 5.74) is -0.441. The molecule has 1 amide bonds. The average molecular weight is 327 g/mol. The van der Waals surface area contributed by atoms with Crippen LogP contribution in [-0.4, -0.2) is 30.8 Å². The van der Waals surface area contributed by atoms with Crippen LogP contribution < -0.4 is 10.6 Å². The van der Waals surface area contributed by atoms with Gasteiger partial charge in [0.05, 0.1) is 0 Å². The van der Waals surface area contributed by atoms with Crippen molar-refractivity contribution >= 4 is 6.09 Å². The van der Waals surface area contributed by atoms with Crippen LogP contribution in [0, 0.1) is 17.8 Å². The van der Waals surface area contributed by atoms with Crippen LogP contribution in [0.2, 0.25) is 0 Å². The van der Waals surface area contributed by atoms with E-state index in [1.54, 1.807) is 0 Å². The molecule has 1 saturated carbocycles. The fraction of sp³-hybridized carbons (Fsp3) is 0.947. The van der Waals surface area contributed by atoms with Gasteiger partial charge in [-0.15, -0.1) is 0 Å². The summed E-state index contributed by atoms with van der Waals surface area (Å²) in [5.74, 6) is 2.30. The highest BCUT2D eigenvalue weighted by molar-refractivity contribution is 5.67. The quantitative estimate of drug-likeness (QED) is 0.731. The van der Waals surface area contributed by atoms with Gasteiger partial charge in [0.2, 0.25) is 0 Å². The van der Waals surface area contributed by atoms with Crippen LogP contribution >= 0.6 is 0 Å². The van der Waals surface area contributed by atoms with Crippen molar-refractivity contribution in [2.75, 3.05) is 13.1 Å². The van der Waals surface area contributed by atoms with Crippen LogP contribution in [0.25, 0.3) is 0 Å². The second kappa shape index (κ2) is 9.51. The van der Waals surface area contributed by atoms with Crippen LogP contribution in [0.5, 0.6) is 0 Å². The predicted octanol–water partition coefficient (Wildman–Crippen LogP) is 4.34. The lowest BCUT2D eigenvalue weighted by atomic mass is 9.83. The molecule has 2 N–H and O–H groups in total. The first-order valence-electron chi connectivity index (χ1n) is 9.36. The van der Waals surface area contributed by atoms with E-state index in [0.29, 0.717) is 18.5 Å². The molecule has 0 saturated heterocycles. The fourth-order valence-electron chi connectivity index (χ4n) is 3.20. The molecule has 1 fully saturated rings. The van der Waals surface area contributed by atoms with Crippen molar-refractivity contribution in [1.29, 1.82) is 0 Å². The largest absolute Gasteiger partial charge is 0.444 e. The molecule has 136 valence electrons. The maximum atomic E-state index is 11.8. The standard InChI is InChI=1S/C19H38N2O2/c1-14(2)11-17(13-21-18(22)23-19(4,5)6)20-12-16-9-7-15(3)8-10-16/h14-17,20H,7-13H2,1-6H3,(H,21,22).